The van der Waals surface area contributed by atoms with Crippen LogP contribution >= 0.6 is 0 Å². The fraction of sp³-hybridized carbons (Fsp3) is 0.583. The molecule has 0 radical (unpaired) electrons. The molecule has 0 aliphatic rings. The summed E-state index contributed by atoms with van der Waals surface area (Å²) in [5.41, 5.74) is 1.81. The summed E-state index contributed by atoms with van der Waals surface area (Å²) in [5.74, 6) is -0.0971. The van der Waals surface area contributed by atoms with Gasteiger partial charge in [0.15, 0.2) is 0 Å². The number of hydrogen-bond acceptors (Lipinski definition) is 4. The van der Waals surface area contributed by atoms with E-state index in [0.717, 1.165) is 24.5 Å². The molecule has 0 aromatic carbocycles. The average molecular weight is 251 g/mol. The normalized spacial score (nSPS) is 11.4. The minimum atomic E-state index is -0.0971. The van der Waals surface area contributed by atoms with Crippen molar-refractivity contribution in [3.8, 4) is 0 Å². The molecule has 1 amide bonds. The van der Waals surface area contributed by atoms with Crippen molar-refractivity contribution < 1.29 is 4.79 Å². The number of carbonyl (C=O) groups excluding carboxylic acids is 1. The van der Waals surface area contributed by atoms with Crippen LogP contribution in [0.15, 0.2) is 12.2 Å². The Hall–Kier alpha value is -1.69. The topological polar surface area (TPSA) is 63.1 Å². The predicted octanol–water partition coefficient (Wildman–Crippen LogP) is 0.340. The van der Waals surface area contributed by atoms with Gasteiger partial charge >= 0.3 is 0 Å². The number of nitrogens with zero attached hydrogens (tertiary/aromatic N) is 4. The zero-order chi connectivity index (χ0) is 13.5. The Kier molecular flexibility index (Phi) is 5.51. The summed E-state index contributed by atoms with van der Waals surface area (Å²) in [6.45, 7) is 5.85. The van der Waals surface area contributed by atoms with Gasteiger partial charge in [-0.3, -0.25) is 4.79 Å². The second-order valence-corrected chi connectivity index (χ2v) is 4.32. The molecule has 0 saturated heterocycles. The fourth-order valence-corrected chi connectivity index (χ4v) is 1.49. The highest BCUT2D eigenvalue weighted by Gasteiger charge is 2.08. The van der Waals surface area contributed by atoms with Gasteiger partial charge in [-0.05, 0) is 27.9 Å². The molecule has 0 atom stereocenters. The third-order valence-corrected chi connectivity index (χ3v) is 2.50. The molecule has 18 heavy (non-hydrogen) atoms. The van der Waals surface area contributed by atoms with Crippen LogP contribution in [-0.4, -0.2) is 46.4 Å². The van der Waals surface area contributed by atoms with E-state index in [0.29, 0.717) is 6.54 Å². The summed E-state index contributed by atoms with van der Waals surface area (Å²) in [4.78, 5) is 13.6. The molecule has 100 valence electrons. The van der Waals surface area contributed by atoms with E-state index < -0.39 is 0 Å². The number of carbonyl (C=O) groups is 1. The maximum atomic E-state index is 11.6. The first-order chi connectivity index (χ1) is 8.54. The molecule has 1 N–H and O–H groups in total. The molecule has 1 heterocycles. The van der Waals surface area contributed by atoms with Gasteiger partial charge in [-0.25, -0.2) is 4.68 Å². The van der Waals surface area contributed by atoms with Crippen molar-refractivity contribution >= 4 is 5.91 Å². The van der Waals surface area contributed by atoms with Gasteiger partial charge in [0.25, 0.3) is 0 Å². The summed E-state index contributed by atoms with van der Waals surface area (Å²) in [6, 6.07) is 0. The summed E-state index contributed by atoms with van der Waals surface area (Å²) in [7, 11) is 3.91. The molecule has 6 nitrogen and oxygen atoms in total. The smallest absolute Gasteiger partial charge is 0.244 e. The molecular formula is C12H21N5O. The van der Waals surface area contributed by atoms with E-state index in [1.54, 1.807) is 10.8 Å². The van der Waals surface area contributed by atoms with Crippen LogP contribution in [0.5, 0.6) is 0 Å². The first-order valence-electron chi connectivity index (χ1n) is 6.02. The molecule has 0 aliphatic carbocycles. The molecule has 1 rings (SSSR count). The average Bonchev–Trinajstić information content (AvgIpc) is 2.67. The Balaban J connectivity index is 2.47. The molecule has 1 aromatic heterocycles. The lowest BCUT2D eigenvalue weighted by atomic mass is 10.3. The Bertz CT molecular complexity index is 422. The van der Waals surface area contributed by atoms with Gasteiger partial charge in [0.05, 0.1) is 17.9 Å². The first kappa shape index (κ1) is 14.4. The monoisotopic (exact) mass is 251 g/mol. The zero-order valence-corrected chi connectivity index (χ0v) is 11.5. The molecule has 0 spiro atoms. The standard InChI is InChI=1S/C12H21N5O/c1-5-17-11(10(2)14-15-17)9-13-12(18)7-6-8-16(3)4/h6-7H,5,8-9H2,1-4H3,(H,13,18)/b7-6+. The van der Waals surface area contributed by atoms with Crippen molar-refractivity contribution in [2.75, 3.05) is 20.6 Å². The molecule has 0 fully saturated rings. The van der Waals surface area contributed by atoms with Gasteiger partial charge in [0.1, 0.15) is 0 Å². The van der Waals surface area contributed by atoms with Crippen LogP contribution in [0.1, 0.15) is 18.3 Å². The largest absolute Gasteiger partial charge is 0.347 e. The second-order valence-electron chi connectivity index (χ2n) is 4.32. The number of likely N-dealkylation sites (N-methyl/N-ethyl adjacent to an activating group) is 1. The highest BCUT2D eigenvalue weighted by molar-refractivity contribution is 5.87. The van der Waals surface area contributed by atoms with Gasteiger partial charge in [-0.1, -0.05) is 11.3 Å². The highest BCUT2D eigenvalue weighted by atomic mass is 16.1. The van der Waals surface area contributed by atoms with Crippen LogP contribution in [0.4, 0.5) is 0 Å². The van der Waals surface area contributed by atoms with Crippen molar-refractivity contribution in [3.63, 3.8) is 0 Å². The Morgan fingerprint density at radius 3 is 2.83 bits per heavy atom. The number of aryl methyl sites for hydroxylation is 2. The van der Waals surface area contributed by atoms with Crippen LogP contribution in [0.2, 0.25) is 0 Å². The number of hydrogen-bond donors (Lipinski definition) is 1. The van der Waals surface area contributed by atoms with E-state index in [2.05, 4.69) is 15.6 Å². The van der Waals surface area contributed by atoms with Crippen LogP contribution in [0, 0.1) is 6.92 Å². The second kappa shape index (κ2) is 6.90. The number of aromatic nitrogens is 3. The molecular weight excluding hydrogens is 230 g/mol. The van der Waals surface area contributed by atoms with Crippen molar-refractivity contribution in [1.82, 2.24) is 25.2 Å². The maximum Gasteiger partial charge on any atom is 0.244 e. The molecule has 6 heteroatoms. The van der Waals surface area contributed by atoms with Crippen molar-refractivity contribution in [3.05, 3.63) is 23.5 Å². The number of nitrogens with one attached hydrogen (secondary N) is 1. The number of rotatable bonds is 6. The highest BCUT2D eigenvalue weighted by Crippen LogP contribution is 2.03. The minimum Gasteiger partial charge on any atom is -0.347 e. The molecule has 0 bridgehead atoms. The van der Waals surface area contributed by atoms with Gasteiger partial charge in [-0.2, -0.15) is 0 Å². The van der Waals surface area contributed by atoms with Crippen LogP contribution in [-0.2, 0) is 17.9 Å². The lowest BCUT2D eigenvalue weighted by Gasteiger charge is -2.06. The van der Waals surface area contributed by atoms with Crippen molar-refractivity contribution in [2.24, 2.45) is 0 Å². The zero-order valence-electron chi connectivity index (χ0n) is 11.5. The molecule has 1 aromatic rings. The number of amides is 1. The SMILES string of the molecule is CCn1nnc(C)c1CNC(=O)/C=C/CN(C)C. The summed E-state index contributed by atoms with van der Waals surface area (Å²) in [6.07, 6.45) is 3.38. The third-order valence-electron chi connectivity index (χ3n) is 2.50. The fourth-order valence-electron chi connectivity index (χ4n) is 1.49. The van der Waals surface area contributed by atoms with E-state index in [9.17, 15) is 4.79 Å². The molecule has 0 saturated carbocycles. The van der Waals surface area contributed by atoms with Gasteiger partial charge in [0, 0.05) is 19.2 Å². The van der Waals surface area contributed by atoms with E-state index in [-0.39, 0.29) is 5.91 Å². The van der Waals surface area contributed by atoms with Gasteiger partial charge < -0.3 is 10.2 Å². The van der Waals surface area contributed by atoms with Crippen molar-refractivity contribution in [1.29, 1.82) is 0 Å². The lowest BCUT2D eigenvalue weighted by molar-refractivity contribution is -0.116. The summed E-state index contributed by atoms with van der Waals surface area (Å²) in [5, 5.41) is 10.8. The summed E-state index contributed by atoms with van der Waals surface area (Å²) >= 11 is 0. The quantitative estimate of drug-likeness (QED) is 0.741. The first-order valence-corrected chi connectivity index (χ1v) is 6.02. The molecule has 0 aliphatic heterocycles. The predicted molar refractivity (Wildman–Crippen MR) is 70.0 cm³/mol. The van der Waals surface area contributed by atoms with Gasteiger partial charge in [-0.15, -0.1) is 5.10 Å². The van der Waals surface area contributed by atoms with Crippen LogP contribution < -0.4 is 5.32 Å². The Labute approximate surface area is 108 Å². The van der Waals surface area contributed by atoms with Gasteiger partial charge in [0.2, 0.25) is 5.91 Å². The molecule has 0 unspecified atom stereocenters. The van der Waals surface area contributed by atoms with Crippen LogP contribution in [0.3, 0.4) is 0 Å². The van der Waals surface area contributed by atoms with E-state index in [4.69, 9.17) is 0 Å². The van der Waals surface area contributed by atoms with E-state index >= 15 is 0 Å². The maximum absolute atomic E-state index is 11.6. The third kappa shape index (κ3) is 4.29. The minimum absolute atomic E-state index is 0.0971. The van der Waals surface area contributed by atoms with E-state index in [1.165, 1.54) is 0 Å². The lowest BCUT2D eigenvalue weighted by Crippen LogP contribution is -2.23. The Morgan fingerprint density at radius 2 is 2.22 bits per heavy atom. The van der Waals surface area contributed by atoms with E-state index in [1.807, 2.05) is 38.9 Å². The summed E-state index contributed by atoms with van der Waals surface area (Å²) < 4.78 is 1.79. The van der Waals surface area contributed by atoms with Crippen molar-refractivity contribution in [2.45, 2.75) is 26.9 Å². The van der Waals surface area contributed by atoms with Crippen LogP contribution in [0.25, 0.3) is 0 Å². The Morgan fingerprint density at radius 1 is 1.50 bits per heavy atom.